The van der Waals surface area contributed by atoms with E-state index in [4.69, 9.17) is 4.74 Å². The van der Waals surface area contributed by atoms with E-state index in [1.807, 2.05) is 6.20 Å². The van der Waals surface area contributed by atoms with Crippen LogP contribution in [0, 0.1) is 0 Å². The summed E-state index contributed by atoms with van der Waals surface area (Å²) in [7, 11) is 1.70. The standard InChI is InChI=1S/C13H24N4OS/c1-5-11-7-15-12(19-11)8-16-13(14-6-2)17-10(3)9-18-4/h7,10H,5-6,8-9H2,1-4H3,(H2,14,16,17). The van der Waals surface area contributed by atoms with E-state index in [2.05, 4.69) is 41.4 Å². The molecule has 0 aliphatic rings. The van der Waals surface area contributed by atoms with Crippen LogP contribution in [0.4, 0.5) is 0 Å². The lowest BCUT2D eigenvalue weighted by Crippen LogP contribution is -2.43. The van der Waals surface area contributed by atoms with E-state index >= 15 is 0 Å². The van der Waals surface area contributed by atoms with Crippen LogP contribution < -0.4 is 10.6 Å². The number of aliphatic imine (C=N–C) groups is 1. The van der Waals surface area contributed by atoms with Gasteiger partial charge in [0.15, 0.2) is 5.96 Å². The van der Waals surface area contributed by atoms with Gasteiger partial charge in [-0.1, -0.05) is 6.92 Å². The fourth-order valence-electron chi connectivity index (χ4n) is 1.58. The predicted molar refractivity (Wildman–Crippen MR) is 80.8 cm³/mol. The molecular formula is C13H24N4OS. The average Bonchev–Trinajstić information content (AvgIpc) is 2.84. The molecule has 1 unspecified atom stereocenters. The fourth-order valence-corrected chi connectivity index (χ4v) is 2.36. The van der Waals surface area contributed by atoms with Crippen molar-refractivity contribution in [3.63, 3.8) is 0 Å². The van der Waals surface area contributed by atoms with Crippen molar-refractivity contribution in [1.82, 2.24) is 15.6 Å². The lowest BCUT2D eigenvalue weighted by molar-refractivity contribution is 0.179. The Morgan fingerprint density at radius 3 is 2.89 bits per heavy atom. The third kappa shape index (κ3) is 6.02. The van der Waals surface area contributed by atoms with Gasteiger partial charge in [0.2, 0.25) is 0 Å². The van der Waals surface area contributed by atoms with Crippen LogP contribution in [0.5, 0.6) is 0 Å². The minimum Gasteiger partial charge on any atom is -0.383 e. The number of thiazole rings is 1. The Balaban J connectivity index is 2.56. The lowest BCUT2D eigenvalue weighted by atomic mass is 10.4. The molecule has 0 saturated heterocycles. The molecule has 1 atom stereocenters. The van der Waals surface area contributed by atoms with Gasteiger partial charge < -0.3 is 15.4 Å². The summed E-state index contributed by atoms with van der Waals surface area (Å²) in [4.78, 5) is 10.2. The van der Waals surface area contributed by atoms with Crippen LogP contribution in [0.2, 0.25) is 0 Å². The molecule has 0 amide bonds. The number of ether oxygens (including phenoxy) is 1. The van der Waals surface area contributed by atoms with Crippen molar-refractivity contribution in [2.75, 3.05) is 20.3 Å². The highest BCUT2D eigenvalue weighted by molar-refractivity contribution is 7.11. The van der Waals surface area contributed by atoms with Gasteiger partial charge in [-0.15, -0.1) is 11.3 Å². The smallest absolute Gasteiger partial charge is 0.191 e. The van der Waals surface area contributed by atoms with Gasteiger partial charge in [-0.25, -0.2) is 9.98 Å². The third-order valence-electron chi connectivity index (χ3n) is 2.47. The lowest BCUT2D eigenvalue weighted by Gasteiger charge is -2.16. The number of aryl methyl sites for hydroxylation is 1. The molecule has 0 saturated carbocycles. The molecular weight excluding hydrogens is 260 g/mol. The number of hydrogen-bond acceptors (Lipinski definition) is 4. The van der Waals surface area contributed by atoms with Gasteiger partial charge in [0, 0.05) is 30.8 Å². The van der Waals surface area contributed by atoms with Crippen LogP contribution in [0.25, 0.3) is 0 Å². The summed E-state index contributed by atoms with van der Waals surface area (Å²) < 4.78 is 5.11. The van der Waals surface area contributed by atoms with Crippen molar-refractivity contribution in [2.24, 2.45) is 4.99 Å². The maximum atomic E-state index is 5.11. The zero-order valence-corrected chi connectivity index (χ0v) is 13.0. The van der Waals surface area contributed by atoms with Gasteiger partial charge in [0.25, 0.3) is 0 Å². The van der Waals surface area contributed by atoms with E-state index in [0.717, 1.165) is 23.9 Å². The van der Waals surface area contributed by atoms with E-state index in [0.29, 0.717) is 13.2 Å². The number of methoxy groups -OCH3 is 1. The number of rotatable bonds is 7. The van der Waals surface area contributed by atoms with Crippen LogP contribution in [0.3, 0.4) is 0 Å². The number of nitrogens with one attached hydrogen (secondary N) is 2. The van der Waals surface area contributed by atoms with Crippen molar-refractivity contribution in [3.8, 4) is 0 Å². The highest BCUT2D eigenvalue weighted by Crippen LogP contribution is 2.13. The fraction of sp³-hybridized carbons (Fsp3) is 0.692. The summed E-state index contributed by atoms with van der Waals surface area (Å²) in [5, 5.41) is 7.57. The maximum Gasteiger partial charge on any atom is 0.191 e. The van der Waals surface area contributed by atoms with Gasteiger partial charge in [0.1, 0.15) is 5.01 Å². The molecule has 0 radical (unpaired) electrons. The Morgan fingerprint density at radius 2 is 2.32 bits per heavy atom. The van der Waals surface area contributed by atoms with Crippen LogP contribution in [-0.4, -0.2) is 37.2 Å². The molecule has 0 aromatic carbocycles. The highest BCUT2D eigenvalue weighted by atomic mass is 32.1. The molecule has 1 aromatic rings. The summed E-state index contributed by atoms with van der Waals surface area (Å²) in [6.45, 7) is 8.36. The Hall–Kier alpha value is -1.14. The molecule has 19 heavy (non-hydrogen) atoms. The quantitative estimate of drug-likeness (QED) is 0.592. The zero-order chi connectivity index (χ0) is 14.1. The van der Waals surface area contributed by atoms with Crippen molar-refractivity contribution < 1.29 is 4.74 Å². The Labute approximate surface area is 119 Å². The van der Waals surface area contributed by atoms with Crippen molar-refractivity contribution in [1.29, 1.82) is 0 Å². The molecule has 5 nitrogen and oxygen atoms in total. The number of aromatic nitrogens is 1. The van der Waals surface area contributed by atoms with E-state index in [9.17, 15) is 0 Å². The molecule has 0 spiro atoms. The van der Waals surface area contributed by atoms with E-state index in [1.165, 1.54) is 4.88 Å². The van der Waals surface area contributed by atoms with E-state index in [1.54, 1.807) is 18.4 Å². The van der Waals surface area contributed by atoms with Gasteiger partial charge in [-0.05, 0) is 20.3 Å². The van der Waals surface area contributed by atoms with Gasteiger partial charge in [-0.3, -0.25) is 0 Å². The molecule has 0 bridgehead atoms. The van der Waals surface area contributed by atoms with Gasteiger partial charge in [-0.2, -0.15) is 0 Å². The van der Waals surface area contributed by atoms with Crippen molar-refractivity contribution in [2.45, 2.75) is 39.8 Å². The second-order valence-electron chi connectivity index (χ2n) is 4.27. The molecule has 0 aliphatic carbocycles. The van der Waals surface area contributed by atoms with Gasteiger partial charge >= 0.3 is 0 Å². The summed E-state index contributed by atoms with van der Waals surface area (Å²) in [5.74, 6) is 0.806. The summed E-state index contributed by atoms with van der Waals surface area (Å²) >= 11 is 1.72. The monoisotopic (exact) mass is 284 g/mol. The third-order valence-corrected chi connectivity index (χ3v) is 3.59. The SMILES string of the molecule is CCNC(=NCc1ncc(CC)s1)NC(C)COC. The number of guanidine groups is 1. The maximum absolute atomic E-state index is 5.11. The second-order valence-corrected chi connectivity index (χ2v) is 5.47. The first-order chi connectivity index (χ1) is 9.19. The molecule has 1 aromatic heterocycles. The first-order valence-corrected chi connectivity index (χ1v) is 7.48. The Bertz CT molecular complexity index is 392. The van der Waals surface area contributed by atoms with Crippen LogP contribution in [-0.2, 0) is 17.7 Å². The molecule has 2 N–H and O–H groups in total. The largest absolute Gasteiger partial charge is 0.383 e. The minimum absolute atomic E-state index is 0.227. The summed E-state index contributed by atoms with van der Waals surface area (Å²) in [6.07, 6.45) is 2.97. The minimum atomic E-state index is 0.227. The van der Waals surface area contributed by atoms with Crippen LogP contribution in [0.1, 0.15) is 30.7 Å². The molecule has 6 heteroatoms. The first-order valence-electron chi connectivity index (χ1n) is 6.66. The molecule has 108 valence electrons. The van der Waals surface area contributed by atoms with Crippen LogP contribution >= 0.6 is 11.3 Å². The van der Waals surface area contributed by atoms with Gasteiger partial charge in [0.05, 0.1) is 13.2 Å². The normalized spacial score (nSPS) is 13.4. The van der Waals surface area contributed by atoms with Crippen molar-refractivity contribution in [3.05, 3.63) is 16.1 Å². The number of nitrogens with zero attached hydrogens (tertiary/aromatic N) is 2. The summed E-state index contributed by atoms with van der Waals surface area (Å²) in [5.41, 5.74) is 0. The average molecular weight is 284 g/mol. The Morgan fingerprint density at radius 1 is 1.53 bits per heavy atom. The highest BCUT2D eigenvalue weighted by Gasteiger charge is 2.05. The topological polar surface area (TPSA) is 58.5 Å². The van der Waals surface area contributed by atoms with E-state index < -0.39 is 0 Å². The zero-order valence-electron chi connectivity index (χ0n) is 12.2. The van der Waals surface area contributed by atoms with Crippen LogP contribution in [0.15, 0.2) is 11.2 Å². The molecule has 0 aliphatic heterocycles. The van der Waals surface area contributed by atoms with Crippen molar-refractivity contribution >= 4 is 17.3 Å². The molecule has 1 rings (SSSR count). The number of hydrogen-bond donors (Lipinski definition) is 2. The predicted octanol–water partition coefficient (Wildman–Crippen LogP) is 1.80. The molecule has 1 heterocycles. The van der Waals surface area contributed by atoms with E-state index in [-0.39, 0.29) is 6.04 Å². The first kappa shape index (κ1) is 15.9. The summed E-state index contributed by atoms with van der Waals surface area (Å²) in [6, 6.07) is 0.227. The molecule has 0 fully saturated rings. The second kappa shape index (κ2) is 8.87. The Kier molecular flexibility index (Phi) is 7.43.